The van der Waals surface area contributed by atoms with Crippen LogP contribution < -0.4 is 25.2 Å². The fraction of sp³-hybridized carbons (Fsp3) is 0.214. The normalized spacial score (nSPS) is 14.9. The maximum absolute atomic E-state index is 13.1. The van der Waals surface area contributed by atoms with Gasteiger partial charge in [-0.15, -0.1) is 0 Å². The number of nitrogens with one attached hydrogen (secondary N) is 2. The van der Waals surface area contributed by atoms with Gasteiger partial charge in [0, 0.05) is 30.9 Å². The number of rotatable bonds is 7. The fourth-order valence-electron chi connectivity index (χ4n) is 4.44. The molecule has 188 valence electrons. The summed E-state index contributed by atoms with van der Waals surface area (Å²) in [6.07, 6.45) is 0. The van der Waals surface area contributed by atoms with Gasteiger partial charge in [0.1, 0.15) is 5.75 Å². The van der Waals surface area contributed by atoms with Gasteiger partial charge in [-0.25, -0.2) is 4.90 Å². The van der Waals surface area contributed by atoms with Crippen LogP contribution in [-0.2, 0) is 11.3 Å². The summed E-state index contributed by atoms with van der Waals surface area (Å²) in [4.78, 5) is 53.5. The number of anilines is 2. The van der Waals surface area contributed by atoms with Crippen LogP contribution in [0.2, 0.25) is 0 Å². The number of hydrogen-bond acceptors (Lipinski definition) is 6. The molecule has 9 nitrogen and oxygen atoms in total. The molecule has 0 atom stereocenters. The lowest BCUT2D eigenvalue weighted by Gasteiger charge is -2.28. The Hall–Kier alpha value is -4.66. The predicted octanol–water partition coefficient (Wildman–Crippen LogP) is 2.75. The third-order valence-electron chi connectivity index (χ3n) is 6.35. The van der Waals surface area contributed by atoms with Crippen LogP contribution in [0.15, 0.2) is 66.7 Å². The van der Waals surface area contributed by atoms with E-state index in [-0.39, 0.29) is 22.9 Å². The van der Waals surface area contributed by atoms with E-state index in [0.717, 1.165) is 22.7 Å². The molecule has 0 unspecified atom stereocenters. The Bertz CT molecular complexity index is 1370. The first-order valence-corrected chi connectivity index (χ1v) is 12.1. The predicted molar refractivity (Wildman–Crippen MR) is 138 cm³/mol. The van der Waals surface area contributed by atoms with E-state index in [9.17, 15) is 19.2 Å². The third-order valence-corrected chi connectivity index (χ3v) is 6.35. The zero-order chi connectivity index (χ0) is 25.9. The molecule has 2 aliphatic heterocycles. The number of hydrogen-bond donors (Lipinski definition) is 2. The van der Waals surface area contributed by atoms with E-state index >= 15 is 0 Å². The molecule has 4 amide bonds. The average Bonchev–Trinajstić information content (AvgIpc) is 3.17. The van der Waals surface area contributed by atoms with Crippen molar-refractivity contribution in [2.75, 3.05) is 36.0 Å². The maximum atomic E-state index is 13.1. The molecular weight excluding hydrogens is 472 g/mol. The highest BCUT2D eigenvalue weighted by molar-refractivity contribution is 6.34. The smallest absolute Gasteiger partial charge is 0.266 e. The van der Waals surface area contributed by atoms with Crippen LogP contribution in [0.3, 0.4) is 0 Å². The number of carbonyl (C=O) groups is 4. The van der Waals surface area contributed by atoms with E-state index < -0.39 is 11.8 Å². The Morgan fingerprint density at radius 3 is 2.32 bits per heavy atom. The molecule has 0 aromatic heterocycles. The number of carbonyl (C=O) groups excluding carboxylic acids is 4. The fourth-order valence-corrected chi connectivity index (χ4v) is 4.44. The van der Waals surface area contributed by atoms with Gasteiger partial charge < -0.3 is 20.3 Å². The SMILES string of the molecule is CCOc1ccc(N2C(=O)c3ccc(C(=O)NCc4ccc(N5CCNC(=O)C5)cc4)cc3C2=O)cc1. The minimum atomic E-state index is -0.471. The largest absolute Gasteiger partial charge is 0.494 e. The summed E-state index contributed by atoms with van der Waals surface area (Å²) in [5, 5.41) is 5.66. The average molecular weight is 499 g/mol. The van der Waals surface area contributed by atoms with E-state index in [2.05, 4.69) is 10.6 Å². The summed E-state index contributed by atoms with van der Waals surface area (Å²) in [6, 6.07) is 18.9. The van der Waals surface area contributed by atoms with Gasteiger partial charge in [-0.3, -0.25) is 19.2 Å². The molecule has 3 aromatic rings. The van der Waals surface area contributed by atoms with E-state index in [4.69, 9.17) is 4.74 Å². The quantitative estimate of drug-likeness (QED) is 0.485. The second kappa shape index (κ2) is 10.1. The van der Waals surface area contributed by atoms with Crippen LogP contribution in [0, 0.1) is 0 Å². The van der Waals surface area contributed by atoms with Crippen LogP contribution in [-0.4, -0.2) is 49.9 Å². The van der Waals surface area contributed by atoms with Crippen LogP contribution in [0.25, 0.3) is 0 Å². The molecule has 1 saturated heterocycles. The Morgan fingerprint density at radius 2 is 1.62 bits per heavy atom. The summed E-state index contributed by atoms with van der Waals surface area (Å²) in [6.45, 7) is 4.37. The standard InChI is InChI=1S/C28H26N4O5/c1-2-37-22-10-8-21(9-11-22)32-27(35)23-12-5-19(15-24(23)28(32)36)26(34)30-16-18-3-6-20(7-4-18)31-14-13-29-25(33)17-31/h3-12,15H,2,13-14,16-17H2,1H3,(H,29,33)(H,30,34). The molecule has 0 spiro atoms. The molecule has 2 N–H and O–H groups in total. The highest BCUT2D eigenvalue weighted by atomic mass is 16.5. The van der Waals surface area contributed by atoms with Gasteiger partial charge in [-0.2, -0.15) is 0 Å². The molecule has 5 rings (SSSR count). The highest BCUT2D eigenvalue weighted by Gasteiger charge is 2.37. The van der Waals surface area contributed by atoms with E-state index in [0.29, 0.717) is 43.2 Å². The maximum Gasteiger partial charge on any atom is 0.266 e. The Morgan fingerprint density at radius 1 is 0.919 bits per heavy atom. The molecule has 0 radical (unpaired) electrons. The molecular formula is C28H26N4O5. The molecule has 0 saturated carbocycles. The van der Waals surface area contributed by atoms with Gasteiger partial charge in [-0.1, -0.05) is 12.1 Å². The van der Waals surface area contributed by atoms with Crippen molar-refractivity contribution in [3.05, 3.63) is 89.0 Å². The lowest BCUT2D eigenvalue weighted by Crippen LogP contribution is -2.47. The number of nitrogens with zero attached hydrogens (tertiary/aromatic N) is 2. The van der Waals surface area contributed by atoms with Gasteiger partial charge in [-0.05, 0) is 67.1 Å². The van der Waals surface area contributed by atoms with Gasteiger partial charge in [0.25, 0.3) is 17.7 Å². The first kappa shape index (κ1) is 24.1. The van der Waals surface area contributed by atoms with Gasteiger partial charge in [0.05, 0.1) is 30.0 Å². The van der Waals surface area contributed by atoms with Crippen molar-refractivity contribution in [3.63, 3.8) is 0 Å². The summed E-state index contributed by atoms with van der Waals surface area (Å²) >= 11 is 0. The van der Waals surface area contributed by atoms with Crippen molar-refractivity contribution in [1.82, 2.24) is 10.6 Å². The van der Waals surface area contributed by atoms with Gasteiger partial charge >= 0.3 is 0 Å². The first-order valence-electron chi connectivity index (χ1n) is 12.1. The highest BCUT2D eigenvalue weighted by Crippen LogP contribution is 2.30. The van der Waals surface area contributed by atoms with E-state index in [1.807, 2.05) is 36.1 Å². The molecule has 9 heteroatoms. The Labute approximate surface area is 214 Å². The van der Waals surface area contributed by atoms with E-state index in [1.54, 1.807) is 30.3 Å². The second-order valence-electron chi connectivity index (χ2n) is 8.75. The van der Waals surface area contributed by atoms with E-state index in [1.165, 1.54) is 12.1 Å². The van der Waals surface area contributed by atoms with Crippen molar-refractivity contribution < 1.29 is 23.9 Å². The van der Waals surface area contributed by atoms with Crippen molar-refractivity contribution in [1.29, 1.82) is 0 Å². The third kappa shape index (κ3) is 4.88. The number of amides is 4. The van der Waals surface area contributed by atoms with Crippen LogP contribution in [0.5, 0.6) is 5.75 Å². The summed E-state index contributed by atoms with van der Waals surface area (Å²) in [5.41, 5.74) is 3.04. The monoisotopic (exact) mass is 498 g/mol. The summed E-state index contributed by atoms with van der Waals surface area (Å²) in [7, 11) is 0. The molecule has 3 aromatic carbocycles. The van der Waals surface area contributed by atoms with Crippen molar-refractivity contribution in [2.24, 2.45) is 0 Å². The number of ether oxygens (including phenoxy) is 1. The molecule has 2 aliphatic rings. The minimum absolute atomic E-state index is 0.000260. The van der Waals surface area contributed by atoms with Gasteiger partial charge in [0.15, 0.2) is 0 Å². The number of piperazine rings is 1. The van der Waals surface area contributed by atoms with Crippen molar-refractivity contribution >= 4 is 35.0 Å². The number of fused-ring (bicyclic) bond motifs is 1. The molecule has 37 heavy (non-hydrogen) atoms. The molecule has 0 aliphatic carbocycles. The van der Waals surface area contributed by atoms with Crippen molar-refractivity contribution in [2.45, 2.75) is 13.5 Å². The van der Waals surface area contributed by atoms with Crippen molar-refractivity contribution in [3.8, 4) is 5.75 Å². The van der Waals surface area contributed by atoms with Crippen LogP contribution in [0.1, 0.15) is 43.6 Å². The summed E-state index contributed by atoms with van der Waals surface area (Å²) < 4.78 is 5.42. The minimum Gasteiger partial charge on any atom is -0.494 e. The number of imide groups is 1. The molecule has 1 fully saturated rings. The first-order chi connectivity index (χ1) is 17.9. The zero-order valence-electron chi connectivity index (χ0n) is 20.3. The number of benzene rings is 3. The Balaban J connectivity index is 1.24. The lowest BCUT2D eigenvalue weighted by molar-refractivity contribution is -0.120. The summed E-state index contributed by atoms with van der Waals surface area (Å²) in [5.74, 6) is -0.599. The van der Waals surface area contributed by atoms with Crippen LogP contribution >= 0.6 is 0 Å². The topological polar surface area (TPSA) is 108 Å². The second-order valence-corrected chi connectivity index (χ2v) is 8.75. The lowest BCUT2D eigenvalue weighted by atomic mass is 10.1. The van der Waals surface area contributed by atoms with Crippen LogP contribution in [0.4, 0.5) is 11.4 Å². The molecule has 0 bridgehead atoms. The molecule has 2 heterocycles. The Kier molecular flexibility index (Phi) is 6.59. The zero-order valence-corrected chi connectivity index (χ0v) is 20.3. The van der Waals surface area contributed by atoms with Gasteiger partial charge in [0.2, 0.25) is 5.91 Å².